The summed E-state index contributed by atoms with van der Waals surface area (Å²) < 4.78 is 7.85. The fourth-order valence-electron chi connectivity index (χ4n) is 2.76. The molecule has 0 bridgehead atoms. The minimum absolute atomic E-state index is 0.115. The molecule has 2 aromatic rings. The Morgan fingerprint density at radius 1 is 1.16 bits per heavy atom. The minimum Gasteiger partial charge on any atom is -0.486 e. The number of benzene rings is 1. The van der Waals surface area contributed by atoms with Crippen molar-refractivity contribution in [3.63, 3.8) is 0 Å². The van der Waals surface area contributed by atoms with Gasteiger partial charge in [0.15, 0.2) is 11.0 Å². The number of carbonyl (C=O) groups is 1. The fourth-order valence-corrected chi connectivity index (χ4v) is 3.64. The number of nitrogens with zero attached hydrogens (tertiary/aromatic N) is 6. The van der Waals surface area contributed by atoms with Crippen molar-refractivity contribution in [2.24, 2.45) is 5.92 Å². The van der Waals surface area contributed by atoms with Gasteiger partial charge in [-0.25, -0.2) is 0 Å². The van der Waals surface area contributed by atoms with E-state index in [0.29, 0.717) is 36.6 Å². The van der Waals surface area contributed by atoms with Gasteiger partial charge in [-0.05, 0) is 24.5 Å². The lowest BCUT2D eigenvalue weighted by Gasteiger charge is -2.20. The Balaban J connectivity index is 2.05. The van der Waals surface area contributed by atoms with Crippen molar-refractivity contribution in [3.8, 4) is 17.9 Å². The zero-order valence-electron chi connectivity index (χ0n) is 18.0. The van der Waals surface area contributed by atoms with Crippen LogP contribution in [0.3, 0.4) is 0 Å². The Kier molecular flexibility index (Phi) is 10.4. The SMILES string of the molecule is CC(C)CCn1c(COc2ccccc2)nnc1SCC(=O)N(CCC#N)CCC#N. The van der Waals surface area contributed by atoms with Crippen LogP contribution in [0.4, 0.5) is 0 Å². The van der Waals surface area contributed by atoms with E-state index in [1.807, 2.05) is 47.0 Å². The highest BCUT2D eigenvalue weighted by atomic mass is 32.2. The van der Waals surface area contributed by atoms with Crippen LogP contribution < -0.4 is 4.74 Å². The summed E-state index contributed by atoms with van der Waals surface area (Å²) in [7, 11) is 0. The summed E-state index contributed by atoms with van der Waals surface area (Å²) in [4.78, 5) is 14.2. The third-order valence-corrected chi connectivity index (χ3v) is 5.45. The van der Waals surface area contributed by atoms with E-state index in [1.165, 1.54) is 11.8 Å². The standard InChI is InChI=1S/C22H28N6O2S/c1-18(2)10-15-28-20(16-30-19-8-4-3-5-9-19)25-26-22(28)31-17-21(29)27(13-6-11-23)14-7-12-24/h3-5,8-9,18H,6-7,10,13-17H2,1-2H3. The van der Waals surface area contributed by atoms with E-state index < -0.39 is 0 Å². The predicted molar refractivity (Wildman–Crippen MR) is 118 cm³/mol. The molecule has 8 nitrogen and oxygen atoms in total. The number of aromatic nitrogens is 3. The number of para-hydroxylation sites is 1. The van der Waals surface area contributed by atoms with Gasteiger partial charge in [-0.2, -0.15) is 10.5 Å². The lowest BCUT2D eigenvalue weighted by atomic mass is 10.1. The van der Waals surface area contributed by atoms with Crippen molar-refractivity contribution in [1.29, 1.82) is 10.5 Å². The number of carbonyl (C=O) groups excluding carboxylic acids is 1. The lowest BCUT2D eigenvalue weighted by Crippen LogP contribution is -2.34. The summed E-state index contributed by atoms with van der Waals surface area (Å²) in [5.74, 6) is 2.05. The Labute approximate surface area is 187 Å². The van der Waals surface area contributed by atoms with Gasteiger partial charge in [-0.15, -0.1) is 10.2 Å². The summed E-state index contributed by atoms with van der Waals surface area (Å²) in [6.45, 7) is 6.00. The molecule has 0 N–H and O–H groups in total. The van der Waals surface area contributed by atoms with Gasteiger partial charge in [0, 0.05) is 19.6 Å². The van der Waals surface area contributed by atoms with Crippen LogP contribution >= 0.6 is 11.8 Å². The Morgan fingerprint density at radius 3 is 2.45 bits per heavy atom. The normalized spacial score (nSPS) is 10.5. The molecule has 0 saturated heterocycles. The molecule has 9 heteroatoms. The highest BCUT2D eigenvalue weighted by Gasteiger charge is 2.18. The maximum Gasteiger partial charge on any atom is 0.233 e. The second kappa shape index (κ2) is 13.3. The van der Waals surface area contributed by atoms with E-state index in [2.05, 4.69) is 24.0 Å². The quantitative estimate of drug-likeness (QED) is 0.437. The molecule has 0 aliphatic rings. The molecule has 1 aromatic carbocycles. The summed E-state index contributed by atoms with van der Waals surface area (Å²) in [6.07, 6.45) is 1.44. The van der Waals surface area contributed by atoms with Crippen LogP contribution in [-0.2, 0) is 17.9 Å². The summed E-state index contributed by atoms with van der Waals surface area (Å²) in [5.41, 5.74) is 0. The van der Waals surface area contributed by atoms with Crippen molar-refractivity contribution in [3.05, 3.63) is 36.2 Å². The van der Waals surface area contributed by atoms with Crippen molar-refractivity contribution in [2.75, 3.05) is 18.8 Å². The average molecular weight is 441 g/mol. The summed E-state index contributed by atoms with van der Waals surface area (Å²) in [5, 5.41) is 26.9. The van der Waals surface area contributed by atoms with Crippen molar-refractivity contribution in [2.45, 2.75) is 51.4 Å². The van der Waals surface area contributed by atoms with E-state index in [0.717, 1.165) is 18.7 Å². The van der Waals surface area contributed by atoms with Gasteiger partial charge >= 0.3 is 0 Å². The maximum absolute atomic E-state index is 12.6. The van der Waals surface area contributed by atoms with Crippen molar-refractivity contribution in [1.82, 2.24) is 19.7 Å². The molecular weight excluding hydrogens is 412 g/mol. The molecule has 0 fully saturated rings. The van der Waals surface area contributed by atoms with Crippen LogP contribution in [0.25, 0.3) is 0 Å². The first kappa shape index (κ1) is 24.2. The Morgan fingerprint density at radius 2 is 1.84 bits per heavy atom. The topological polar surface area (TPSA) is 108 Å². The highest BCUT2D eigenvalue weighted by Crippen LogP contribution is 2.21. The molecule has 0 unspecified atom stereocenters. The van der Waals surface area contributed by atoms with E-state index in [1.54, 1.807) is 4.90 Å². The number of thioether (sulfide) groups is 1. The van der Waals surface area contributed by atoms with Crippen molar-refractivity contribution >= 4 is 17.7 Å². The van der Waals surface area contributed by atoms with Crippen LogP contribution in [0.5, 0.6) is 5.75 Å². The molecule has 31 heavy (non-hydrogen) atoms. The monoisotopic (exact) mass is 440 g/mol. The first-order valence-corrected chi connectivity index (χ1v) is 11.3. The molecule has 164 valence electrons. The first-order chi connectivity index (χ1) is 15.0. The number of nitriles is 2. The molecule has 0 radical (unpaired) electrons. The largest absolute Gasteiger partial charge is 0.486 e. The first-order valence-electron chi connectivity index (χ1n) is 10.3. The zero-order valence-corrected chi connectivity index (χ0v) is 18.8. The van der Waals surface area contributed by atoms with E-state index in [-0.39, 0.29) is 24.5 Å². The molecular formula is C22H28N6O2S. The Hall–Kier alpha value is -3.04. The smallest absolute Gasteiger partial charge is 0.233 e. The molecule has 0 aliphatic carbocycles. The fraction of sp³-hybridized carbons (Fsp3) is 0.500. The van der Waals surface area contributed by atoms with Gasteiger partial charge in [0.1, 0.15) is 12.4 Å². The number of hydrogen-bond donors (Lipinski definition) is 0. The minimum atomic E-state index is -0.115. The second-order valence-electron chi connectivity index (χ2n) is 7.32. The summed E-state index contributed by atoms with van der Waals surface area (Å²) in [6, 6.07) is 13.6. The van der Waals surface area contributed by atoms with E-state index in [4.69, 9.17) is 15.3 Å². The Bertz CT molecular complexity index is 883. The van der Waals surface area contributed by atoms with Gasteiger partial charge in [0.2, 0.25) is 5.91 Å². The van der Waals surface area contributed by atoms with Gasteiger partial charge in [0.25, 0.3) is 0 Å². The lowest BCUT2D eigenvalue weighted by molar-refractivity contribution is -0.128. The second-order valence-corrected chi connectivity index (χ2v) is 8.26. The molecule has 1 heterocycles. The third-order valence-electron chi connectivity index (χ3n) is 4.50. The van der Waals surface area contributed by atoms with Crippen LogP contribution in [0.1, 0.15) is 38.9 Å². The predicted octanol–water partition coefficient (Wildman–Crippen LogP) is 3.65. The molecule has 0 atom stereocenters. The van der Waals surface area contributed by atoms with E-state index in [9.17, 15) is 4.79 Å². The van der Waals surface area contributed by atoms with Crippen LogP contribution in [0, 0.1) is 28.6 Å². The third kappa shape index (κ3) is 8.31. The van der Waals surface area contributed by atoms with Crippen molar-refractivity contribution < 1.29 is 9.53 Å². The number of amides is 1. The zero-order chi connectivity index (χ0) is 22.5. The number of ether oxygens (including phenoxy) is 1. The average Bonchev–Trinajstić information content (AvgIpc) is 3.17. The van der Waals surface area contributed by atoms with Gasteiger partial charge in [-0.1, -0.05) is 43.8 Å². The number of hydrogen-bond acceptors (Lipinski definition) is 7. The summed E-state index contributed by atoms with van der Waals surface area (Å²) >= 11 is 1.32. The molecule has 0 saturated carbocycles. The highest BCUT2D eigenvalue weighted by molar-refractivity contribution is 7.99. The van der Waals surface area contributed by atoms with Gasteiger partial charge in [-0.3, -0.25) is 4.79 Å². The molecule has 1 aromatic heterocycles. The van der Waals surface area contributed by atoms with Gasteiger partial charge in [0.05, 0.1) is 30.7 Å². The van der Waals surface area contributed by atoms with Crippen LogP contribution in [0.15, 0.2) is 35.5 Å². The maximum atomic E-state index is 12.6. The molecule has 1 amide bonds. The number of rotatable bonds is 13. The van der Waals surface area contributed by atoms with E-state index >= 15 is 0 Å². The molecule has 2 rings (SSSR count). The van der Waals surface area contributed by atoms with Crippen LogP contribution in [0.2, 0.25) is 0 Å². The van der Waals surface area contributed by atoms with Crippen LogP contribution in [-0.4, -0.2) is 44.4 Å². The van der Waals surface area contributed by atoms with Gasteiger partial charge < -0.3 is 14.2 Å². The molecule has 0 spiro atoms. The molecule has 0 aliphatic heterocycles.